The molecule has 15 heavy (non-hydrogen) atoms. The predicted octanol–water partition coefficient (Wildman–Crippen LogP) is 1.89. The van der Waals surface area contributed by atoms with Crippen molar-refractivity contribution in [3.63, 3.8) is 0 Å². The smallest absolute Gasteiger partial charge is 0.276 e. The summed E-state index contributed by atoms with van der Waals surface area (Å²) in [6.07, 6.45) is 1.49. The van der Waals surface area contributed by atoms with Gasteiger partial charge in [-0.3, -0.25) is 15.2 Å². The summed E-state index contributed by atoms with van der Waals surface area (Å²) in [5, 5.41) is 5.39. The summed E-state index contributed by atoms with van der Waals surface area (Å²) >= 11 is 17.3. The van der Waals surface area contributed by atoms with Gasteiger partial charge in [-0.25, -0.2) is 0 Å². The largest absolute Gasteiger partial charge is 0.283 e. The Labute approximate surface area is 105 Å². The van der Waals surface area contributed by atoms with Gasteiger partial charge in [0.25, 0.3) is 5.91 Å². The van der Waals surface area contributed by atoms with Crippen LogP contribution in [0.2, 0.25) is 0 Å². The fraction of sp³-hybridized carbons (Fsp3) is 0.167. The van der Waals surface area contributed by atoms with Gasteiger partial charge in [0, 0.05) is 18.6 Å². The highest BCUT2D eigenvalue weighted by molar-refractivity contribution is 7.09. The van der Waals surface area contributed by atoms with Crippen LogP contribution in [0, 0.1) is 0 Å². The molecule has 0 fully saturated rings. The van der Waals surface area contributed by atoms with Gasteiger partial charge in [0.2, 0.25) is 0 Å². The first-order valence-electron chi connectivity index (χ1n) is 3.55. The molecule has 1 aromatic heterocycles. The van der Waals surface area contributed by atoms with E-state index in [1.54, 1.807) is 7.05 Å². The molecule has 0 aromatic carbocycles. The second kappa shape index (κ2) is 5.50. The third-order valence-corrected chi connectivity index (χ3v) is 2.99. The molecule has 0 saturated heterocycles. The average Bonchev–Trinajstić information content (AvgIpc) is 2.68. The summed E-state index contributed by atoms with van der Waals surface area (Å²) in [6, 6.07) is 0. The Morgan fingerprint density at radius 1 is 1.53 bits per heavy atom. The Balaban J connectivity index is 2.64. The first kappa shape index (κ1) is 12.5. The van der Waals surface area contributed by atoms with Crippen molar-refractivity contribution < 1.29 is 4.79 Å². The molecule has 0 unspecified atom stereocenters. The molecule has 0 bridgehead atoms. The Hall–Kier alpha value is -0.560. The monoisotopic (exact) mass is 286 g/mol. The number of halogens is 3. The van der Waals surface area contributed by atoms with Crippen molar-refractivity contribution in [1.29, 1.82) is 0 Å². The summed E-state index contributed by atoms with van der Waals surface area (Å²) in [6.45, 7) is 0. The fourth-order valence-corrected chi connectivity index (χ4v) is 1.31. The van der Waals surface area contributed by atoms with E-state index < -0.39 is 5.91 Å². The van der Waals surface area contributed by atoms with E-state index in [1.165, 1.54) is 11.2 Å². The van der Waals surface area contributed by atoms with Crippen molar-refractivity contribution in [3.8, 4) is 0 Å². The number of hydrogen-bond acceptors (Lipinski definition) is 5. The van der Waals surface area contributed by atoms with Crippen molar-refractivity contribution in [2.45, 2.75) is 0 Å². The molecule has 0 aliphatic rings. The van der Waals surface area contributed by atoms with Crippen molar-refractivity contribution in [2.75, 3.05) is 12.1 Å². The number of anilines is 1. The molecular formula is C6H5Cl3N4OS. The molecule has 1 rings (SSSR count). The number of carbonyl (C=O) groups is 1. The van der Waals surface area contributed by atoms with Crippen LogP contribution in [0.5, 0.6) is 0 Å². The Kier molecular flexibility index (Phi) is 4.59. The van der Waals surface area contributed by atoms with E-state index in [0.29, 0.717) is 5.00 Å². The maximum absolute atomic E-state index is 11.3. The van der Waals surface area contributed by atoms with E-state index in [9.17, 15) is 4.79 Å². The number of amides is 1. The molecule has 0 saturated carbocycles. The summed E-state index contributed by atoms with van der Waals surface area (Å²) in [7, 11) is 1.61. The van der Waals surface area contributed by atoms with Crippen LogP contribution in [0.4, 0.5) is 5.00 Å². The second-order valence-corrected chi connectivity index (χ2v) is 4.42. The van der Waals surface area contributed by atoms with Crippen LogP contribution < -0.4 is 10.4 Å². The van der Waals surface area contributed by atoms with Crippen LogP contribution in [0.3, 0.4) is 0 Å². The minimum Gasteiger partial charge on any atom is -0.276 e. The number of carbonyl (C=O) groups excluding carboxylic acids is 1. The summed E-state index contributed by atoms with van der Waals surface area (Å²) in [4.78, 5) is 11.3. The lowest BCUT2D eigenvalue weighted by molar-refractivity contribution is -0.116. The molecule has 9 heteroatoms. The highest BCUT2D eigenvalue weighted by atomic mass is 35.5. The fourth-order valence-electron chi connectivity index (χ4n) is 0.652. The minimum absolute atomic E-state index is 0.275. The minimum atomic E-state index is -0.604. The van der Waals surface area contributed by atoms with Gasteiger partial charge in [0.15, 0.2) is 5.00 Å². The Morgan fingerprint density at radius 3 is 2.67 bits per heavy atom. The number of nitrogens with one attached hydrogen (secondary N) is 1. The first-order chi connectivity index (χ1) is 7.02. The molecule has 1 N–H and O–H groups in total. The van der Waals surface area contributed by atoms with Crippen molar-refractivity contribution in [2.24, 2.45) is 0 Å². The molecule has 5 nitrogen and oxygen atoms in total. The average molecular weight is 288 g/mol. The lowest BCUT2D eigenvalue weighted by Gasteiger charge is -2.16. The van der Waals surface area contributed by atoms with Gasteiger partial charge in [-0.1, -0.05) is 39.3 Å². The van der Waals surface area contributed by atoms with Gasteiger partial charge in [0.1, 0.15) is 9.52 Å². The quantitative estimate of drug-likeness (QED) is 0.681. The molecule has 0 aliphatic heterocycles. The molecule has 1 aromatic rings. The van der Waals surface area contributed by atoms with E-state index in [1.807, 2.05) is 0 Å². The van der Waals surface area contributed by atoms with Gasteiger partial charge in [-0.15, -0.1) is 5.10 Å². The third-order valence-electron chi connectivity index (χ3n) is 1.31. The van der Waals surface area contributed by atoms with E-state index in [2.05, 4.69) is 15.0 Å². The van der Waals surface area contributed by atoms with E-state index in [0.717, 1.165) is 11.5 Å². The predicted molar refractivity (Wildman–Crippen MR) is 61.0 cm³/mol. The summed E-state index contributed by atoms with van der Waals surface area (Å²) in [5.74, 6) is -0.604. The van der Waals surface area contributed by atoms with E-state index in [4.69, 9.17) is 34.8 Å². The zero-order valence-electron chi connectivity index (χ0n) is 7.37. The van der Waals surface area contributed by atoms with Crippen LogP contribution in [0.1, 0.15) is 0 Å². The SMILES string of the molecule is CN(NC(=O)C(Cl)=C(Cl)Cl)c1cnns1. The highest BCUT2D eigenvalue weighted by Crippen LogP contribution is 2.18. The summed E-state index contributed by atoms with van der Waals surface area (Å²) in [5.41, 5.74) is 2.43. The summed E-state index contributed by atoms with van der Waals surface area (Å²) < 4.78 is 3.35. The normalized spacial score (nSPS) is 9.60. The maximum atomic E-state index is 11.3. The number of aromatic nitrogens is 2. The number of hydrogen-bond donors (Lipinski definition) is 1. The van der Waals surface area contributed by atoms with Gasteiger partial charge in [-0.05, 0) is 0 Å². The Morgan fingerprint density at radius 2 is 2.20 bits per heavy atom. The van der Waals surface area contributed by atoms with Gasteiger partial charge >= 0.3 is 0 Å². The number of rotatable bonds is 3. The zero-order valence-corrected chi connectivity index (χ0v) is 10.5. The molecule has 82 valence electrons. The van der Waals surface area contributed by atoms with Gasteiger partial charge in [0.05, 0.1) is 6.20 Å². The zero-order chi connectivity index (χ0) is 11.4. The molecular weight excluding hydrogens is 283 g/mol. The van der Waals surface area contributed by atoms with Crippen molar-refractivity contribution in [3.05, 3.63) is 15.7 Å². The van der Waals surface area contributed by atoms with Gasteiger partial charge < -0.3 is 0 Å². The lowest BCUT2D eigenvalue weighted by atomic mass is 10.6. The van der Waals surface area contributed by atoms with Crippen LogP contribution >= 0.6 is 46.3 Å². The molecule has 0 atom stereocenters. The molecule has 0 aliphatic carbocycles. The van der Waals surface area contributed by atoms with Crippen LogP contribution in [0.15, 0.2) is 15.7 Å². The highest BCUT2D eigenvalue weighted by Gasteiger charge is 2.13. The first-order valence-corrected chi connectivity index (χ1v) is 5.46. The number of nitrogens with zero attached hydrogens (tertiary/aromatic N) is 3. The number of hydrazine groups is 1. The molecule has 0 spiro atoms. The topological polar surface area (TPSA) is 58.1 Å². The van der Waals surface area contributed by atoms with Crippen molar-refractivity contribution >= 4 is 57.2 Å². The van der Waals surface area contributed by atoms with Crippen LogP contribution in [0.25, 0.3) is 0 Å². The van der Waals surface area contributed by atoms with Crippen LogP contribution in [-0.4, -0.2) is 22.5 Å². The van der Waals surface area contributed by atoms with E-state index >= 15 is 0 Å². The maximum Gasteiger partial charge on any atom is 0.283 e. The lowest BCUT2D eigenvalue weighted by Crippen LogP contribution is -2.39. The van der Waals surface area contributed by atoms with Gasteiger partial charge in [-0.2, -0.15) is 0 Å². The third kappa shape index (κ3) is 3.49. The second-order valence-electron chi connectivity index (χ2n) is 2.33. The molecule has 0 radical (unpaired) electrons. The molecule has 1 heterocycles. The van der Waals surface area contributed by atoms with Crippen LogP contribution in [-0.2, 0) is 4.79 Å². The van der Waals surface area contributed by atoms with E-state index in [-0.39, 0.29) is 9.52 Å². The Bertz CT molecular complexity index is 376. The van der Waals surface area contributed by atoms with Crippen molar-refractivity contribution in [1.82, 2.24) is 15.0 Å². The standard InChI is InChI=1S/C6H5Cl3N4OS/c1-13(3-2-10-12-15-3)11-6(14)4(7)5(8)9/h2H,1H3,(H,11,14). The molecule has 1 amide bonds.